The van der Waals surface area contributed by atoms with Crippen LogP contribution in [0, 0.1) is 5.92 Å². The summed E-state index contributed by atoms with van der Waals surface area (Å²) >= 11 is 8.55. The van der Waals surface area contributed by atoms with E-state index in [1.54, 1.807) is 11.3 Å². The first-order chi connectivity index (χ1) is 14.5. The molecule has 4 rings (SSSR count). The minimum Gasteiger partial charge on any atom is -0.465 e. The Kier molecular flexibility index (Phi) is 6.40. The van der Waals surface area contributed by atoms with Gasteiger partial charge in [-0.25, -0.2) is 4.79 Å². The molecule has 3 N–H and O–H groups in total. The summed E-state index contributed by atoms with van der Waals surface area (Å²) in [6.45, 7) is 2.25. The first-order valence-corrected chi connectivity index (χ1v) is 12.3. The second-order valence-electron chi connectivity index (χ2n) is 7.84. The molecule has 0 aliphatic heterocycles. The van der Waals surface area contributed by atoms with Crippen molar-refractivity contribution in [3.63, 3.8) is 0 Å². The van der Waals surface area contributed by atoms with E-state index in [0.717, 1.165) is 61.6 Å². The zero-order valence-electron chi connectivity index (χ0n) is 17.1. The summed E-state index contributed by atoms with van der Waals surface area (Å²) in [6, 6.07) is 0. The topological polar surface area (TPSA) is 79.5 Å². The van der Waals surface area contributed by atoms with Crippen molar-refractivity contribution >= 4 is 56.9 Å². The molecule has 1 amide bonds. The van der Waals surface area contributed by atoms with Crippen molar-refractivity contribution in [1.82, 2.24) is 10.9 Å². The van der Waals surface area contributed by atoms with Crippen molar-refractivity contribution in [3.8, 4) is 0 Å². The molecule has 9 heteroatoms. The van der Waals surface area contributed by atoms with Crippen LogP contribution >= 0.6 is 34.9 Å². The van der Waals surface area contributed by atoms with Gasteiger partial charge in [-0.3, -0.25) is 15.6 Å². The molecule has 1 atom stereocenters. The Bertz CT molecular complexity index is 995. The van der Waals surface area contributed by atoms with Gasteiger partial charge in [0, 0.05) is 15.1 Å². The van der Waals surface area contributed by atoms with Crippen molar-refractivity contribution in [1.29, 1.82) is 0 Å². The fourth-order valence-electron chi connectivity index (χ4n) is 4.15. The van der Waals surface area contributed by atoms with E-state index in [2.05, 4.69) is 23.1 Å². The Morgan fingerprint density at radius 1 is 1.13 bits per heavy atom. The third-order valence-electron chi connectivity index (χ3n) is 5.72. The molecule has 160 valence electrons. The van der Waals surface area contributed by atoms with Gasteiger partial charge in [-0.2, -0.15) is 0 Å². The van der Waals surface area contributed by atoms with E-state index in [4.69, 9.17) is 17.0 Å². The molecule has 0 aromatic carbocycles. The van der Waals surface area contributed by atoms with Crippen LogP contribution in [-0.2, 0) is 30.4 Å². The maximum atomic E-state index is 12.7. The average molecular weight is 464 g/mol. The number of anilines is 1. The summed E-state index contributed by atoms with van der Waals surface area (Å²) in [5.74, 6) is 0.121. The first-order valence-electron chi connectivity index (χ1n) is 10.2. The third kappa shape index (κ3) is 4.24. The van der Waals surface area contributed by atoms with Crippen LogP contribution in [0.3, 0.4) is 0 Å². The molecular weight excluding hydrogens is 438 g/mol. The number of thiocarbonyl (C=S) groups is 1. The Morgan fingerprint density at radius 2 is 1.93 bits per heavy atom. The predicted octanol–water partition coefficient (Wildman–Crippen LogP) is 4.23. The molecule has 2 aromatic heterocycles. The van der Waals surface area contributed by atoms with Crippen molar-refractivity contribution in [3.05, 3.63) is 37.4 Å². The number of methoxy groups -OCH3 is 1. The van der Waals surface area contributed by atoms with Gasteiger partial charge >= 0.3 is 5.97 Å². The number of esters is 1. The SMILES string of the molecule is COC(=O)c1c(NC(=S)NNC(=O)c2csc3c2CC[C@H](C)C3)sc2c1CCCC2. The molecule has 30 heavy (non-hydrogen) atoms. The van der Waals surface area contributed by atoms with E-state index >= 15 is 0 Å². The monoisotopic (exact) mass is 463 g/mol. The van der Waals surface area contributed by atoms with Gasteiger partial charge in [0.05, 0.1) is 18.2 Å². The number of hydrogen-bond acceptors (Lipinski definition) is 6. The van der Waals surface area contributed by atoms with Crippen LogP contribution in [0.15, 0.2) is 5.38 Å². The van der Waals surface area contributed by atoms with Gasteiger partial charge in [-0.1, -0.05) is 6.92 Å². The first kappa shape index (κ1) is 21.3. The molecule has 0 fully saturated rings. The number of fused-ring (bicyclic) bond motifs is 2. The quantitative estimate of drug-likeness (QED) is 0.359. The Balaban J connectivity index is 1.42. The van der Waals surface area contributed by atoms with Crippen LogP contribution in [0.25, 0.3) is 0 Å². The predicted molar refractivity (Wildman–Crippen MR) is 125 cm³/mol. The van der Waals surface area contributed by atoms with E-state index in [1.165, 1.54) is 28.2 Å². The van der Waals surface area contributed by atoms with Gasteiger partial charge < -0.3 is 10.1 Å². The second-order valence-corrected chi connectivity index (χ2v) is 10.3. The van der Waals surface area contributed by atoms with Crippen molar-refractivity contribution < 1.29 is 14.3 Å². The van der Waals surface area contributed by atoms with Crippen LogP contribution in [0.4, 0.5) is 5.00 Å². The number of amides is 1. The van der Waals surface area contributed by atoms with Crippen molar-refractivity contribution in [2.75, 3.05) is 12.4 Å². The van der Waals surface area contributed by atoms with Gasteiger partial charge in [0.2, 0.25) is 0 Å². The maximum absolute atomic E-state index is 12.7. The third-order valence-corrected chi connectivity index (χ3v) is 8.19. The zero-order valence-corrected chi connectivity index (χ0v) is 19.5. The van der Waals surface area contributed by atoms with Gasteiger partial charge in [0.25, 0.3) is 5.91 Å². The zero-order chi connectivity index (χ0) is 21.3. The van der Waals surface area contributed by atoms with Crippen LogP contribution in [-0.4, -0.2) is 24.1 Å². The highest BCUT2D eigenvalue weighted by atomic mass is 32.1. The molecule has 0 saturated carbocycles. The fraction of sp³-hybridized carbons (Fsp3) is 0.476. The number of carbonyl (C=O) groups excluding carboxylic acids is 2. The smallest absolute Gasteiger partial charge is 0.341 e. The van der Waals surface area contributed by atoms with Crippen LogP contribution < -0.4 is 16.2 Å². The van der Waals surface area contributed by atoms with Crippen LogP contribution in [0.2, 0.25) is 0 Å². The highest BCUT2D eigenvalue weighted by molar-refractivity contribution is 7.80. The molecule has 0 radical (unpaired) electrons. The molecule has 6 nitrogen and oxygen atoms in total. The lowest BCUT2D eigenvalue weighted by molar-refractivity contribution is 0.0600. The summed E-state index contributed by atoms with van der Waals surface area (Å²) < 4.78 is 4.99. The lowest BCUT2D eigenvalue weighted by atomic mass is 9.88. The molecule has 0 unspecified atom stereocenters. The van der Waals surface area contributed by atoms with E-state index < -0.39 is 0 Å². The average Bonchev–Trinajstić information content (AvgIpc) is 3.32. The summed E-state index contributed by atoms with van der Waals surface area (Å²) in [4.78, 5) is 27.5. The summed E-state index contributed by atoms with van der Waals surface area (Å²) in [6.07, 6.45) is 7.11. The van der Waals surface area contributed by atoms with E-state index in [9.17, 15) is 9.59 Å². The fourth-order valence-corrected chi connectivity index (χ4v) is 6.90. The van der Waals surface area contributed by atoms with Gasteiger partial charge in [0.1, 0.15) is 5.00 Å². The standard InChI is InChI=1S/C21H25N3O3S3/c1-11-7-8-12-14(10-29-16(12)9-11)18(25)23-24-21(28)22-19-17(20(26)27-2)13-5-3-4-6-15(13)30-19/h10-11H,3-9H2,1-2H3,(H,23,25)(H2,22,24,28)/t11-/m0/s1. The Morgan fingerprint density at radius 3 is 2.73 bits per heavy atom. The number of aryl methyl sites for hydroxylation is 1. The molecule has 0 bridgehead atoms. The largest absolute Gasteiger partial charge is 0.465 e. The minimum absolute atomic E-state index is 0.190. The lowest BCUT2D eigenvalue weighted by Gasteiger charge is -2.19. The highest BCUT2D eigenvalue weighted by Gasteiger charge is 2.27. The second kappa shape index (κ2) is 9.03. The van der Waals surface area contributed by atoms with E-state index in [-0.39, 0.29) is 17.0 Å². The Labute approximate surface area is 189 Å². The van der Waals surface area contributed by atoms with Crippen molar-refractivity contribution in [2.24, 2.45) is 5.92 Å². The van der Waals surface area contributed by atoms with Gasteiger partial charge in [-0.15, -0.1) is 22.7 Å². The number of rotatable bonds is 3. The lowest BCUT2D eigenvalue weighted by Crippen LogP contribution is -2.44. The Hall–Kier alpha value is -1.97. The summed E-state index contributed by atoms with van der Waals surface area (Å²) in [5, 5.41) is 5.92. The molecule has 2 aliphatic carbocycles. The molecule has 2 heterocycles. The summed E-state index contributed by atoms with van der Waals surface area (Å²) in [5.41, 5.74) is 8.98. The number of ether oxygens (including phenoxy) is 1. The number of carbonyl (C=O) groups is 2. The summed E-state index contributed by atoms with van der Waals surface area (Å²) in [7, 11) is 1.39. The maximum Gasteiger partial charge on any atom is 0.341 e. The number of nitrogens with one attached hydrogen (secondary N) is 3. The van der Waals surface area contributed by atoms with Gasteiger partial charge in [-0.05, 0) is 74.2 Å². The number of hydrogen-bond donors (Lipinski definition) is 3. The van der Waals surface area contributed by atoms with E-state index in [0.29, 0.717) is 16.5 Å². The van der Waals surface area contributed by atoms with Crippen LogP contribution in [0.5, 0.6) is 0 Å². The van der Waals surface area contributed by atoms with Crippen LogP contribution in [0.1, 0.15) is 67.8 Å². The normalized spacial score (nSPS) is 17.5. The number of hydrazine groups is 1. The molecule has 2 aromatic rings. The molecular formula is C21H25N3O3S3. The molecule has 0 spiro atoms. The minimum atomic E-state index is -0.358. The molecule has 0 saturated heterocycles. The highest BCUT2D eigenvalue weighted by Crippen LogP contribution is 2.38. The van der Waals surface area contributed by atoms with Gasteiger partial charge in [0.15, 0.2) is 5.11 Å². The van der Waals surface area contributed by atoms with Crippen molar-refractivity contribution in [2.45, 2.75) is 51.9 Å². The van der Waals surface area contributed by atoms with E-state index in [1.807, 2.05) is 5.38 Å². The number of thiophene rings is 2. The molecule has 2 aliphatic rings.